The zero-order valence-electron chi connectivity index (χ0n) is 28.1. The first-order chi connectivity index (χ1) is 20.9. The maximum Gasteiger partial charge on any atom is 0.272 e. The highest BCUT2D eigenvalue weighted by Gasteiger charge is 2.61. The second-order valence-electron chi connectivity index (χ2n) is 15.4. The summed E-state index contributed by atoms with van der Waals surface area (Å²) in [7, 11) is 1.47. The quantitative estimate of drug-likeness (QED) is 0.143. The summed E-state index contributed by atoms with van der Waals surface area (Å²) in [5.41, 5.74) is 1.21. The van der Waals surface area contributed by atoms with E-state index in [1.165, 1.54) is 24.5 Å². The molecule has 0 aromatic heterocycles. The maximum atomic E-state index is 12.5. The molecule has 4 aliphatic rings. The van der Waals surface area contributed by atoms with Crippen molar-refractivity contribution in [3.05, 3.63) is 11.6 Å². The number of carbonyl (C=O) groups is 4. The summed E-state index contributed by atoms with van der Waals surface area (Å²) in [6.07, 6.45) is 14.3. The topological polar surface area (TPSA) is 165 Å². The van der Waals surface area contributed by atoms with E-state index in [-0.39, 0.29) is 23.7 Å². The van der Waals surface area contributed by atoms with Crippen LogP contribution in [0.1, 0.15) is 99.3 Å². The van der Waals surface area contributed by atoms with Gasteiger partial charge in [-0.2, -0.15) is 0 Å². The van der Waals surface area contributed by atoms with Crippen LogP contribution in [0.2, 0.25) is 0 Å². The predicted molar refractivity (Wildman–Crippen MR) is 170 cm³/mol. The Morgan fingerprint density at radius 1 is 1.04 bits per heavy atom. The predicted octanol–water partition coefficient (Wildman–Crippen LogP) is 3.28. The molecule has 4 aliphatic carbocycles. The molecule has 9 atom stereocenters. The van der Waals surface area contributed by atoms with Crippen molar-refractivity contribution in [1.82, 2.24) is 16.1 Å². The number of carbonyl (C=O) groups excluding carboxylic acids is 4. The lowest BCUT2D eigenvalue weighted by atomic mass is 9.50. The molecule has 0 aromatic rings. The minimum Gasteiger partial charge on any atom is -0.382 e. The molecule has 45 heavy (non-hydrogen) atoms. The average Bonchev–Trinajstić information content (AvgIpc) is 3.27. The monoisotopic (exact) mass is 629 g/mol. The molecule has 0 bridgehead atoms. The average molecular weight is 630 g/mol. The van der Waals surface area contributed by atoms with Crippen LogP contribution < -0.4 is 16.1 Å². The van der Waals surface area contributed by atoms with Crippen LogP contribution >= 0.6 is 0 Å². The van der Waals surface area contributed by atoms with Gasteiger partial charge in [-0.05, 0) is 92.4 Å². The third-order valence-electron chi connectivity index (χ3n) is 11.2. The molecule has 0 spiro atoms. The number of hydrogen-bond donors (Lipinski definition) is 6. The van der Waals surface area contributed by atoms with Crippen LogP contribution in [0.4, 0.5) is 0 Å². The standard InChI is InChI=1S/C20H26O2.C15H29N3O5/c1-3-20(22)11-9-18-17-6-4-13-12-14(21)5-7-15(13)16(17)8-10-19(18,20)2;1-8(2)7-9(10(19)13(21)18-23)12(20)17-11(14(22)16-6)15(3,4)5/h1,12,15-18,22H,4-11H2,2H3;8-11,19,23H,7H2,1-6H3,(H,16,22)(H,17,20)(H,18,21)/t15-,16+,17+,18-,19-,20-;9-,10+,11-/m01/s1. The molecule has 0 aliphatic heterocycles. The first-order valence-corrected chi connectivity index (χ1v) is 16.5. The van der Waals surface area contributed by atoms with Crippen molar-refractivity contribution in [2.45, 2.75) is 117 Å². The highest BCUT2D eigenvalue weighted by molar-refractivity contribution is 5.92. The normalized spacial score (nSPS) is 32.6. The zero-order valence-corrected chi connectivity index (χ0v) is 28.1. The molecule has 0 radical (unpaired) electrons. The summed E-state index contributed by atoms with van der Waals surface area (Å²) in [6, 6.07) is -0.820. The molecule has 10 nitrogen and oxygen atoms in total. The fourth-order valence-corrected chi connectivity index (χ4v) is 8.64. The Labute approximate surface area is 268 Å². The fraction of sp³-hybridized carbons (Fsp3) is 0.771. The van der Waals surface area contributed by atoms with Crippen LogP contribution in [0.3, 0.4) is 0 Å². The van der Waals surface area contributed by atoms with Crippen LogP contribution in [-0.2, 0) is 19.2 Å². The molecule has 0 aromatic carbocycles. The summed E-state index contributed by atoms with van der Waals surface area (Å²) < 4.78 is 0. The number of hydroxylamine groups is 1. The molecule has 3 saturated carbocycles. The van der Waals surface area contributed by atoms with Gasteiger partial charge < -0.3 is 20.8 Å². The lowest BCUT2D eigenvalue weighted by Crippen LogP contribution is -2.56. The number of allylic oxidation sites excluding steroid dienone is 1. The number of nitrogens with one attached hydrogen (secondary N) is 3. The molecule has 3 fully saturated rings. The van der Waals surface area contributed by atoms with Crippen LogP contribution in [0.15, 0.2) is 11.6 Å². The van der Waals surface area contributed by atoms with E-state index in [0.717, 1.165) is 44.9 Å². The Morgan fingerprint density at radius 2 is 1.71 bits per heavy atom. The minimum atomic E-state index is -1.70. The molecule has 0 saturated heterocycles. The Hall–Kier alpha value is -2.74. The number of terminal acetylenes is 1. The van der Waals surface area contributed by atoms with Crippen molar-refractivity contribution in [3.63, 3.8) is 0 Å². The first-order valence-electron chi connectivity index (χ1n) is 16.5. The third-order valence-corrected chi connectivity index (χ3v) is 11.2. The van der Waals surface area contributed by atoms with E-state index in [1.807, 2.05) is 19.9 Å². The number of rotatable bonds is 7. The molecule has 6 N–H and O–H groups in total. The Balaban J connectivity index is 0.000000245. The van der Waals surface area contributed by atoms with Gasteiger partial charge in [0.1, 0.15) is 17.7 Å². The van der Waals surface area contributed by atoms with Gasteiger partial charge in [-0.3, -0.25) is 24.4 Å². The number of hydrogen-bond acceptors (Lipinski definition) is 7. The van der Waals surface area contributed by atoms with Gasteiger partial charge in [0, 0.05) is 18.9 Å². The Kier molecular flexibility index (Phi) is 11.7. The van der Waals surface area contributed by atoms with Crippen LogP contribution in [0.5, 0.6) is 0 Å². The summed E-state index contributed by atoms with van der Waals surface area (Å²) in [5.74, 6) is 2.58. The van der Waals surface area contributed by atoms with Gasteiger partial charge in [0.05, 0.1) is 5.92 Å². The summed E-state index contributed by atoms with van der Waals surface area (Å²) >= 11 is 0. The second kappa shape index (κ2) is 14.4. The molecule has 4 rings (SSSR count). The molecule has 252 valence electrons. The van der Waals surface area contributed by atoms with Gasteiger partial charge in [-0.25, -0.2) is 5.48 Å². The Bertz CT molecular complexity index is 1200. The first kappa shape index (κ1) is 36.7. The largest absolute Gasteiger partial charge is 0.382 e. The molecular formula is C35H55N3O7. The Morgan fingerprint density at radius 3 is 2.27 bits per heavy atom. The van der Waals surface area contributed by atoms with E-state index in [9.17, 15) is 29.4 Å². The molecule has 3 amide bonds. The van der Waals surface area contributed by atoms with Gasteiger partial charge in [-0.15, -0.1) is 6.42 Å². The van der Waals surface area contributed by atoms with Crippen LogP contribution in [0, 0.1) is 58.7 Å². The molecule has 0 unspecified atom stereocenters. The number of amides is 3. The fourth-order valence-electron chi connectivity index (χ4n) is 8.64. The molecular weight excluding hydrogens is 574 g/mol. The maximum absolute atomic E-state index is 12.5. The molecule has 10 heteroatoms. The smallest absolute Gasteiger partial charge is 0.272 e. The van der Waals surface area contributed by atoms with Crippen molar-refractivity contribution < 1.29 is 34.6 Å². The summed E-state index contributed by atoms with van der Waals surface area (Å²) in [4.78, 5) is 47.6. The van der Waals surface area contributed by atoms with E-state index in [1.54, 1.807) is 20.8 Å². The van der Waals surface area contributed by atoms with Gasteiger partial charge in [0.2, 0.25) is 11.8 Å². The van der Waals surface area contributed by atoms with Crippen molar-refractivity contribution in [2.24, 2.45) is 46.3 Å². The van der Waals surface area contributed by atoms with E-state index in [4.69, 9.17) is 11.6 Å². The van der Waals surface area contributed by atoms with E-state index < -0.39 is 40.9 Å². The molecule has 0 heterocycles. The van der Waals surface area contributed by atoms with Crippen molar-refractivity contribution >= 4 is 23.5 Å². The van der Waals surface area contributed by atoms with Crippen molar-refractivity contribution in [3.8, 4) is 12.3 Å². The lowest BCUT2D eigenvalue weighted by Gasteiger charge is -2.54. The number of likely N-dealkylation sites (N-methyl/N-ethyl adjacent to an activating group) is 1. The van der Waals surface area contributed by atoms with Crippen LogP contribution in [0.25, 0.3) is 0 Å². The van der Waals surface area contributed by atoms with Gasteiger partial charge in [0.25, 0.3) is 5.91 Å². The lowest BCUT2D eigenvalue weighted by molar-refractivity contribution is -0.147. The highest BCUT2D eigenvalue weighted by Crippen LogP contribution is 2.64. The number of aliphatic hydroxyl groups excluding tert-OH is 1. The van der Waals surface area contributed by atoms with E-state index >= 15 is 0 Å². The van der Waals surface area contributed by atoms with Crippen molar-refractivity contribution in [2.75, 3.05) is 7.05 Å². The van der Waals surface area contributed by atoms with Crippen molar-refractivity contribution in [1.29, 1.82) is 0 Å². The second-order valence-corrected chi connectivity index (χ2v) is 15.4. The van der Waals surface area contributed by atoms with E-state index in [2.05, 4.69) is 23.5 Å². The highest BCUT2D eigenvalue weighted by atomic mass is 16.5. The van der Waals surface area contributed by atoms with Gasteiger partial charge in [0.15, 0.2) is 5.78 Å². The number of aliphatic hydroxyl groups is 2. The number of ketones is 1. The summed E-state index contributed by atoms with van der Waals surface area (Å²) in [5, 5.41) is 34.6. The van der Waals surface area contributed by atoms with E-state index in [0.29, 0.717) is 29.5 Å². The number of fused-ring (bicyclic) bond motifs is 5. The zero-order chi connectivity index (χ0) is 33.9. The SMILES string of the molecule is C#C[C@]1(O)CC[C@H]2[C@@H]3CCC4=CC(=O)CC[C@@H]4[C@H]3CC[C@@]21C.CNC(=O)[C@@H](NC(=O)[C@H](CC(C)C)[C@H](O)C(=O)NO)C(C)(C)C. The minimum absolute atomic E-state index is 0.0278. The van der Waals surface area contributed by atoms with Gasteiger partial charge in [-0.1, -0.05) is 53.0 Å². The van der Waals surface area contributed by atoms with Gasteiger partial charge >= 0.3 is 0 Å². The van der Waals surface area contributed by atoms with Crippen LogP contribution in [-0.4, -0.2) is 63.7 Å². The summed E-state index contributed by atoms with van der Waals surface area (Å²) in [6.45, 7) is 11.3. The third kappa shape index (κ3) is 7.64.